The minimum atomic E-state index is 0.714. The second-order valence-electron chi connectivity index (χ2n) is 5.82. The van der Waals surface area contributed by atoms with Crippen LogP contribution in [0, 0.1) is 6.92 Å². The third-order valence-electron chi connectivity index (χ3n) is 4.65. The van der Waals surface area contributed by atoms with Gasteiger partial charge in [-0.2, -0.15) is 0 Å². The Bertz CT molecular complexity index is 449. The molecule has 0 spiro atoms. The van der Waals surface area contributed by atoms with Crippen molar-refractivity contribution in [2.45, 2.75) is 13.5 Å². The Labute approximate surface area is 108 Å². The first kappa shape index (κ1) is 11.9. The van der Waals surface area contributed by atoms with Crippen molar-refractivity contribution in [3.63, 3.8) is 0 Å². The topological polar surface area (TPSA) is 46.0 Å². The summed E-state index contributed by atoms with van der Waals surface area (Å²) in [6, 6.07) is 0. The highest BCUT2D eigenvalue weighted by Crippen LogP contribution is 2.24. The van der Waals surface area contributed by atoms with Gasteiger partial charge in [-0.15, -0.1) is 0 Å². The number of aromatic nitrogens is 2. The van der Waals surface area contributed by atoms with E-state index >= 15 is 0 Å². The summed E-state index contributed by atoms with van der Waals surface area (Å²) in [7, 11) is 2.04. The number of nitrogens with two attached hydrogens (primary N) is 1. The number of rotatable bonds is 2. The summed E-state index contributed by atoms with van der Waals surface area (Å²) in [5.74, 6) is 1.69. The lowest BCUT2D eigenvalue weighted by Crippen LogP contribution is -2.66. The molecule has 5 heteroatoms. The lowest BCUT2D eigenvalue weighted by atomic mass is 10.1. The van der Waals surface area contributed by atoms with E-state index in [-0.39, 0.29) is 0 Å². The van der Waals surface area contributed by atoms with Crippen LogP contribution in [0.25, 0.3) is 0 Å². The van der Waals surface area contributed by atoms with Crippen LogP contribution in [-0.4, -0.2) is 53.6 Å². The number of hydrogen-bond acceptors (Lipinski definition) is 3. The van der Waals surface area contributed by atoms with Gasteiger partial charge in [-0.25, -0.2) is 4.57 Å². The summed E-state index contributed by atoms with van der Waals surface area (Å²) in [4.78, 5) is 7.00. The normalized spacial score (nSPS) is 30.7. The molecule has 1 aromatic rings. The number of nitrogens with zero attached hydrogens (tertiary/aromatic N) is 4. The molecule has 4 heterocycles. The van der Waals surface area contributed by atoms with Gasteiger partial charge in [-0.05, 0) is 4.98 Å². The van der Waals surface area contributed by atoms with Crippen molar-refractivity contribution in [2.75, 3.05) is 45.0 Å². The number of anilines is 1. The molecule has 2 bridgehead atoms. The van der Waals surface area contributed by atoms with Crippen LogP contribution in [0.2, 0.25) is 0 Å². The van der Waals surface area contributed by atoms with Crippen molar-refractivity contribution < 1.29 is 9.05 Å². The number of nitrogen functional groups attached to an aromatic ring is 1. The van der Waals surface area contributed by atoms with E-state index in [9.17, 15) is 0 Å². The molecule has 5 nitrogen and oxygen atoms in total. The highest BCUT2D eigenvalue weighted by molar-refractivity contribution is 5.35. The fourth-order valence-electron chi connectivity index (χ4n) is 3.17. The van der Waals surface area contributed by atoms with Crippen molar-refractivity contribution >= 4 is 5.82 Å². The van der Waals surface area contributed by atoms with Crippen LogP contribution in [0.1, 0.15) is 11.4 Å². The maximum absolute atomic E-state index is 6.09. The van der Waals surface area contributed by atoms with Crippen LogP contribution < -0.4 is 10.3 Å². The minimum absolute atomic E-state index is 0.714. The standard InChI is InChI=1S/C13H22N5/c1-11-15-13(14)12(9-16(11)2)10-18-6-3-17(4-7-18)5-8-18/h9,14H,3-8,10H2,1-2H3/q+1/p+1. The molecular formula is C13H23N5+2. The van der Waals surface area contributed by atoms with Crippen LogP contribution in [0.4, 0.5) is 5.82 Å². The van der Waals surface area contributed by atoms with Crippen molar-refractivity contribution in [2.24, 2.45) is 7.05 Å². The van der Waals surface area contributed by atoms with Crippen LogP contribution in [0.15, 0.2) is 6.20 Å². The molecule has 3 aliphatic heterocycles. The smallest absolute Gasteiger partial charge is 0.297 e. The summed E-state index contributed by atoms with van der Waals surface area (Å²) < 4.78 is 3.27. The molecule has 2 N–H and O–H groups in total. The van der Waals surface area contributed by atoms with Gasteiger partial charge >= 0.3 is 0 Å². The van der Waals surface area contributed by atoms with E-state index in [4.69, 9.17) is 5.73 Å². The summed E-state index contributed by atoms with van der Waals surface area (Å²) in [6.07, 6.45) is 2.16. The first-order chi connectivity index (χ1) is 8.58. The molecule has 0 saturated carbocycles. The van der Waals surface area contributed by atoms with E-state index in [1.807, 2.05) is 14.0 Å². The van der Waals surface area contributed by atoms with Gasteiger partial charge in [-0.1, -0.05) is 0 Å². The second-order valence-corrected chi connectivity index (χ2v) is 5.82. The van der Waals surface area contributed by atoms with Crippen LogP contribution in [0.5, 0.6) is 0 Å². The Kier molecular flexibility index (Phi) is 2.75. The van der Waals surface area contributed by atoms with Gasteiger partial charge in [0.05, 0.1) is 26.7 Å². The van der Waals surface area contributed by atoms with E-state index in [2.05, 4.69) is 20.6 Å². The first-order valence-electron chi connectivity index (χ1n) is 6.77. The molecule has 18 heavy (non-hydrogen) atoms. The lowest BCUT2D eigenvalue weighted by Gasteiger charge is -2.50. The van der Waals surface area contributed by atoms with E-state index in [1.54, 1.807) is 0 Å². The molecule has 0 radical (unpaired) electrons. The predicted molar refractivity (Wildman–Crippen MR) is 69.6 cm³/mol. The van der Waals surface area contributed by atoms with Gasteiger partial charge in [-0.3, -0.25) is 4.90 Å². The number of piperazine rings is 3. The Morgan fingerprint density at radius 2 is 1.94 bits per heavy atom. The average Bonchev–Trinajstić information content (AvgIpc) is 2.38. The second kappa shape index (κ2) is 4.17. The van der Waals surface area contributed by atoms with Crippen LogP contribution >= 0.6 is 0 Å². The molecule has 0 aromatic carbocycles. The van der Waals surface area contributed by atoms with Gasteiger partial charge in [0.25, 0.3) is 11.6 Å². The quantitative estimate of drug-likeness (QED) is 0.565. The molecule has 3 aliphatic rings. The maximum atomic E-state index is 6.09. The Morgan fingerprint density at radius 3 is 2.56 bits per heavy atom. The minimum Gasteiger partial charge on any atom is -0.362 e. The molecule has 0 atom stereocenters. The molecule has 3 fully saturated rings. The largest absolute Gasteiger partial charge is 0.362 e. The number of hydrogen-bond donors (Lipinski definition) is 1. The molecule has 4 rings (SSSR count). The molecule has 98 valence electrons. The monoisotopic (exact) mass is 249 g/mol. The molecule has 0 amide bonds. The van der Waals surface area contributed by atoms with E-state index in [1.165, 1.54) is 49.3 Å². The zero-order valence-corrected chi connectivity index (χ0v) is 11.4. The summed E-state index contributed by atoms with van der Waals surface area (Å²) in [6.45, 7) is 10.5. The fraction of sp³-hybridized carbons (Fsp3) is 0.692. The van der Waals surface area contributed by atoms with Crippen molar-refractivity contribution in [1.82, 2.24) is 9.88 Å². The Balaban J connectivity index is 1.86. The highest BCUT2D eigenvalue weighted by Gasteiger charge is 2.39. The maximum Gasteiger partial charge on any atom is 0.297 e. The molecule has 0 aliphatic carbocycles. The fourth-order valence-corrected chi connectivity index (χ4v) is 3.17. The third kappa shape index (κ3) is 1.97. The van der Waals surface area contributed by atoms with Crippen molar-refractivity contribution in [1.29, 1.82) is 0 Å². The Morgan fingerprint density at radius 1 is 1.33 bits per heavy atom. The number of quaternary nitrogens is 1. The molecule has 3 saturated heterocycles. The zero-order chi connectivity index (χ0) is 12.8. The Hall–Kier alpha value is -1.20. The SMILES string of the molecule is Cc1nc(N)c(C[N+]23CCN(CC2)CC3)c[n+]1C. The van der Waals surface area contributed by atoms with Crippen molar-refractivity contribution in [3.8, 4) is 0 Å². The average molecular weight is 249 g/mol. The molecule has 1 aromatic heterocycles. The summed E-state index contributed by atoms with van der Waals surface area (Å²) in [5.41, 5.74) is 7.30. The van der Waals surface area contributed by atoms with E-state index in [0.717, 1.165) is 12.4 Å². The van der Waals surface area contributed by atoms with E-state index < -0.39 is 0 Å². The van der Waals surface area contributed by atoms with Gasteiger partial charge in [0.15, 0.2) is 0 Å². The number of aryl methyl sites for hydroxylation is 2. The predicted octanol–water partition coefficient (Wildman–Crippen LogP) is -0.557. The van der Waals surface area contributed by atoms with E-state index in [0.29, 0.717) is 5.82 Å². The third-order valence-corrected chi connectivity index (χ3v) is 4.65. The summed E-state index contributed by atoms with van der Waals surface area (Å²) >= 11 is 0. The van der Waals surface area contributed by atoms with Crippen molar-refractivity contribution in [3.05, 3.63) is 17.6 Å². The first-order valence-corrected chi connectivity index (χ1v) is 6.77. The van der Waals surface area contributed by atoms with Gasteiger partial charge in [0.1, 0.15) is 18.3 Å². The van der Waals surface area contributed by atoms with Crippen LogP contribution in [-0.2, 0) is 13.6 Å². The summed E-state index contributed by atoms with van der Waals surface area (Å²) in [5, 5.41) is 0. The molecular weight excluding hydrogens is 226 g/mol. The zero-order valence-electron chi connectivity index (χ0n) is 11.4. The number of fused-ring (bicyclic) bond motifs is 3. The van der Waals surface area contributed by atoms with Crippen LogP contribution in [0.3, 0.4) is 0 Å². The molecule has 0 unspecified atom stereocenters. The highest BCUT2D eigenvalue weighted by atomic mass is 15.5. The van der Waals surface area contributed by atoms with Gasteiger partial charge in [0, 0.05) is 26.6 Å². The van der Waals surface area contributed by atoms with Gasteiger partial charge in [0.2, 0.25) is 0 Å². The van der Waals surface area contributed by atoms with Gasteiger partial charge < -0.3 is 10.2 Å². The lowest BCUT2D eigenvalue weighted by molar-refractivity contribution is -0.953.